The summed E-state index contributed by atoms with van der Waals surface area (Å²) in [6, 6.07) is 8.55. The van der Waals surface area contributed by atoms with Crippen molar-refractivity contribution in [2.75, 3.05) is 20.0 Å². The van der Waals surface area contributed by atoms with Crippen LogP contribution in [0, 0.1) is 0 Å². The van der Waals surface area contributed by atoms with Crippen molar-refractivity contribution >= 4 is 13.3 Å². The molecule has 0 fully saturated rings. The molecule has 0 nitrogen and oxygen atoms in total. The molecule has 1 heteroatoms. The summed E-state index contributed by atoms with van der Waals surface area (Å²) < 4.78 is 0. The van der Waals surface area contributed by atoms with Crippen LogP contribution in [-0.2, 0) is 6.16 Å². The van der Waals surface area contributed by atoms with Crippen LogP contribution in [0.1, 0.15) is 11.1 Å². The summed E-state index contributed by atoms with van der Waals surface area (Å²) in [6.45, 7) is 11.0. The third kappa shape index (κ3) is 3.32. The van der Waals surface area contributed by atoms with Crippen molar-refractivity contribution in [2.45, 2.75) is 6.16 Å². The third-order valence-corrected chi connectivity index (χ3v) is 3.44. The molecule has 0 saturated heterocycles. The van der Waals surface area contributed by atoms with Gasteiger partial charge in [0.15, 0.2) is 0 Å². The molecule has 0 radical (unpaired) electrons. The summed E-state index contributed by atoms with van der Waals surface area (Å²) >= 11 is 0. The zero-order valence-electron chi connectivity index (χ0n) is 8.80. The molecule has 13 heavy (non-hydrogen) atoms. The predicted molar refractivity (Wildman–Crippen MR) is 66.3 cm³/mol. The van der Waals surface area contributed by atoms with E-state index in [1.54, 1.807) is 0 Å². The average molecular weight is 194 g/mol. The maximum absolute atomic E-state index is 3.84. The van der Waals surface area contributed by atoms with Gasteiger partial charge in [-0.15, -0.1) is 0 Å². The van der Waals surface area contributed by atoms with Crippen LogP contribution in [0.15, 0.2) is 30.8 Å². The van der Waals surface area contributed by atoms with Gasteiger partial charge in [-0.3, -0.25) is 0 Å². The SMILES string of the molecule is C=Cc1ccccc1C[PH](C)(C)C. The van der Waals surface area contributed by atoms with Crippen LogP contribution in [0.25, 0.3) is 6.08 Å². The minimum absolute atomic E-state index is 0.993. The Balaban J connectivity index is 2.94. The molecule has 0 saturated carbocycles. The average Bonchev–Trinajstić information content (AvgIpc) is 2.02. The van der Waals surface area contributed by atoms with Crippen molar-refractivity contribution in [3.63, 3.8) is 0 Å². The quantitative estimate of drug-likeness (QED) is 0.646. The summed E-state index contributed by atoms with van der Waals surface area (Å²) in [5.41, 5.74) is 2.75. The Morgan fingerprint density at radius 2 is 1.85 bits per heavy atom. The summed E-state index contributed by atoms with van der Waals surface area (Å²) in [6.07, 6.45) is 3.20. The summed E-state index contributed by atoms with van der Waals surface area (Å²) in [5.74, 6) is 0. The molecule has 0 aromatic heterocycles. The zero-order valence-corrected chi connectivity index (χ0v) is 9.80. The molecule has 1 aromatic rings. The molecule has 1 aromatic carbocycles. The number of hydrogen-bond acceptors (Lipinski definition) is 0. The van der Waals surface area contributed by atoms with Gasteiger partial charge in [-0.05, 0) is 0 Å². The normalized spacial score (nSPS) is 12.5. The van der Waals surface area contributed by atoms with E-state index in [-0.39, 0.29) is 0 Å². The first-order valence-corrected chi connectivity index (χ1v) is 8.44. The van der Waals surface area contributed by atoms with Gasteiger partial charge in [0.25, 0.3) is 0 Å². The van der Waals surface area contributed by atoms with E-state index < -0.39 is 7.26 Å². The van der Waals surface area contributed by atoms with Gasteiger partial charge in [0, 0.05) is 0 Å². The monoisotopic (exact) mass is 194 g/mol. The van der Waals surface area contributed by atoms with E-state index in [1.165, 1.54) is 17.3 Å². The molecule has 1 rings (SSSR count). The molecule has 0 amide bonds. The van der Waals surface area contributed by atoms with E-state index in [0.717, 1.165) is 0 Å². The van der Waals surface area contributed by atoms with Crippen LogP contribution in [0.3, 0.4) is 0 Å². The Morgan fingerprint density at radius 1 is 1.23 bits per heavy atom. The first kappa shape index (κ1) is 10.5. The van der Waals surface area contributed by atoms with Crippen molar-refractivity contribution in [3.05, 3.63) is 42.0 Å². The summed E-state index contributed by atoms with van der Waals surface area (Å²) in [5, 5.41) is 0. The molecule has 0 bridgehead atoms. The second-order valence-electron chi connectivity index (χ2n) is 4.64. The molecule has 0 unspecified atom stereocenters. The third-order valence-electron chi connectivity index (χ3n) is 2.00. The minimum atomic E-state index is -0.993. The van der Waals surface area contributed by atoms with E-state index in [4.69, 9.17) is 0 Å². The zero-order chi connectivity index (χ0) is 9.90. The van der Waals surface area contributed by atoms with Crippen LogP contribution in [0.5, 0.6) is 0 Å². The second-order valence-corrected chi connectivity index (χ2v) is 10.1. The molecular weight excluding hydrogens is 175 g/mol. The number of hydrogen-bond donors (Lipinski definition) is 0. The van der Waals surface area contributed by atoms with Crippen molar-refractivity contribution in [2.24, 2.45) is 0 Å². The molecule has 0 N–H and O–H groups in total. The summed E-state index contributed by atoms with van der Waals surface area (Å²) in [4.78, 5) is 0. The predicted octanol–water partition coefficient (Wildman–Crippen LogP) is 3.47. The Hall–Kier alpha value is -0.610. The standard InChI is InChI=1S/C12H19P/c1-5-11-8-6-7-9-12(11)10-13(2,3)4/h5-9,13H,1,10H2,2-4H3. The van der Waals surface area contributed by atoms with Gasteiger partial charge in [-0.1, -0.05) is 0 Å². The van der Waals surface area contributed by atoms with Crippen molar-refractivity contribution < 1.29 is 0 Å². The number of rotatable bonds is 3. The molecule has 0 aliphatic carbocycles. The van der Waals surface area contributed by atoms with Crippen LogP contribution in [0.2, 0.25) is 0 Å². The molecule has 0 aliphatic heterocycles. The Morgan fingerprint density at radius 3 is 2.38 bits per heavy atom. The Bertz CT molecular complexity index is 294. The maximum atomic E-state index is 3.84. The van der Waals surface area contributed by atoms with Crippen LogP contribution < -0.4 is 0 Å². The van der Waals surface area contributed by atoms with E-state index >= 15 is 0 Å². The molecule has 0 heterocycles. The topological polar surface area (TPSA) is 0 Å². The molecule has 0 atom stereocenters. The van der Waals surface area contributed by atoms with Crippen molar-refractivity contribution in [1.29, 1.82) is 0 Å². The molecule has 0 spiro atoms. The van der Waals surface area contributed by atoms with Crippen LogP contribution in [-0.4, -0.2) is 20.0 Å². The van der Waals surface area contributed by atoms with Gasteiger partial charge in [0.05, 0.1) is 0 Å². The van der Waals surface area contributed by atoms with E-state index in [2.05, 4.69) is 50.8 Å². The Labute approximate surface area is 82.0 Å². The van der Waals surface area contributed by atoms with Gasteiger partial charge in [-0.2, -0.15) is 0 Å². The molecular formula is C12H19P. The molecule has 0 aliphatic rings. The van der Waals surface area contributed by atoms with Gasteiger partial charge in [0.2, 0.25) is 0 Å². The fourth-order valence-electron chi connectivity index (χ4n) is 1.47. The van der Waals surface area contributed by atoms with Gasteiger partial charge >= 0.3 is 81.5 Å². The van der Waals surface area contributed by atoms with Gasteiger partial charge in [0.1, 0.15) is 0 Å². The van der Waals surface area contributed by atoms with Gasteiger partial charge < -0.3 is 0 Å². The van der Waals surface area contributed by atoms with Crippen molar-refractivity contribution in [1.82, 2.24) is 0 Å². The van der Waals surface area contributed by atoms with Crippen LogP contribution in [0.4, 0.5) is 0 Å². The van der Waals surface area contributed by atoms with E-state index in [0.29, 0.717) is 0 Å². The van der Waals surface area contributed by atoms with Crippen LogP contribution >= 0.6 is 7.26 Å². The first-order chi connectivity index (χ1) is 6.03. The number of benzene rings is 1. The van der Waals surface area contributed by atoms with E-state index in [9.17, 15) is 0 Å². The fraction of sp³-hybridized carbons (Fsp3) is 0.333. The first-order valence-electron chi connectivity index (χ1n) is 4.73. The van der Waals surface area contributed by atoms with E-state index in [1.807, 2.05) is 6.08 Å². The summed E-state index contributed by atoms with van der Waals surface area (Å²) in [7, 11) is -0.993. The Kier molecular flexibility index (Phi) is 3.27. The second kappa shape index (κ2) is 4.07. The molecule has 72 valence electrons. The van der Waals surface area contributed by atoms with Crippen molar-refractivity contribution in [3.8, 4) is 0 Å². The fourth-order valence-corrected chi connectivity index (χ4v) is 2.93. The van der Waals surface area contributed by atoms with Gasteiger partial charge in [-0.25, -0.2) is 0 Å².